The zero-order chi connectivity index (χ0) is 8.97. The number of aromatic nitrogens is 1. The summed E-state index contributed by atoms with van der Waals surface area (Å²) in [5.74, 6) is 0. The monoisotopic (exact) mass is 182 g/mol. The summed E-state index contributed by atoms with van der Waals surface area (Å²) in [4.78, 5) is 5.40. The van der Waals surface area contributed by atoms with Crippen LogP contribution in [-0.2, 0) is 0 Å². The molecule has 0 saturated heterocycles. The molecule has 3 heteroatoms. The van der Waals surface area contributed by atoms with Gasteiger partial charge in [0.05, 0.1) is 16.1 Å². The molecule has 1 heterocycles. The number of aryl methyl sites for hydroxylation is 1. The van der Waals surface area contributed by atoms with Gasteiger partial charge in [-0.05, 0) is 31.9 Å². The molecule has 0 radical (unpaired) electrons. The van der Waals surface area contributed by atoms with Crippen LogP contribution in [0.1, 0.15) is 23.4 Å². The van der Waals surface area contributed by atoms with E-state index in [2.05, 4.69) is 11.6 Å². The second-order valence-electron chi connectivity index (χ2n) is 2.76. The van der Waals surface area contributed by atoms with Crippen molar-refractivity contribution in [3.05, 3.63) is 22.7 Å². The molecule has 0 aliphatic rings. The average Bonchev–Trinajstić information content (AvgIpc) is 2.47. The quantitative estimate of drug-likeness (QED) is 0.775. The molecular formula is C9H14N2S. The summed E-state index contributed by atoms with van der Waals surface area (Å²) < 4.78 is 0. The van der Waals surface area contributed by atoms with Crippen molar-refractivity contribution in [3.63, 3.8) is 0 Å². The van der Waals surface area contributed by atoms with Gasteiger partial charge in [0.1, 0.15) is 0 Å². The van der Waals surface area contributed by atoms with E-state index in [-0.39, 0.29) is 0 Å². The molecule has 1 aromatic rings. The predicted octanol–water partition coefficient (Wildman–Crippen LogP) is 2.20. The van der Waals surface area contributed by atoms with Crippen LogP contribution in [0, 0.1) is 6.92 Å². The van der Waals surface area contributed by atoms with Crippen LogP contribution in [-0.4, -0.2) is 11.5 Å². The van der Waals surface area contributed by atoms with Gasteiger partial charge in [0.2, 0.25) is 0 Å². The fourth-order valence-electron chi connectivity index (χ4n) is 1.07. The Morgan fingerprint density at radius 2 is 2.50 bits per heavy atom. The van der Waals surface area contributed by atoms with Crippen molar-refractivity contribution in [1.82, 2.24) is 4.98 Å². The number of nitrogens with zero attached hydrogens (tertiary/aromatic N) is 1. The third kappa shape index (κ3) is 2.16. The number of rotatable bonds is 4. The van der Waals surface area contributed by atoms with Crippen molar-refractivity contribution < 1.29 is 0 Å². The van der Waals surface area contributed by atoms with Crippen molar-refractivity contribution in [2.75, 3.05) is 6.54 Å². The van der Waals surface area contributed by atoms with Crippen LogP contribution in [0.25, 0.3) is 5.57 Å². The number of nitrogens with two attached hydrogens (primary N) is 1. The van der Waals surface area contributed by atoms with E-state index in [0.717, 1.165) is 25.1 Å². The van der Waals surface area contributed by atoms with E-state index in [1.54, 1.807) is 11.3 Å². The third-order valence-electron chi connectivity index (χ3n) is 1.75. The van der Waals surface area contributed by atoms with E-state index in [0.29, 0.717) is 0 Å². The Morgan fingerprint density at radius 3 is 3.00 bits per heavy atom. The van der Waals surface area contributed by atoms with Crippen LogP contribution >= 0.6 is 11.3 Å². The number of hydrogen-bond donors (Lipinski definition) is 1. The lowest BCUT2D eigenvalue weighted by molar-refractivity contribution is 0.866. The molecule has 0 aliphatic carbocycles. The van der Waals surface area contributed by atoms with Gasteiger partial charge >= 0.3 is 0 Å². The van der Waals surface area contributed by atoms with E-state index < -0.39 is 0 Å². The largest absolute Gasteiger partial charge is 0.330 e. The van der Waals surface area contributed by atoms with Gasteiger partial charge in [-0.2, -0.15) is 0 Å². The summed E-state index contributed by atoms with van der Waals surface area (Å²) in [6.07, 6.45) is 2.00. The fraction of sp³-hybridized carbons (Fsp3) is 0.444. The van der Waals surface area contributed by atoms with Gasteiger partial charge in [-0.3, -0.25) is 0 Å². The molecule has 2 nitrogen and oxygen atoms in total. The van der Waals surface area contributed by atoms with Crippen LogP contribution in [0.3, 0.4) is 0 Å². The van der Waals surface area contributed by atoms with Crippen molar-refractivity contribution in [2.45, 2.75) is 19.8 Å². The van der Waals surface area contributed by atoms with Crippen molar-refractivity contribution in [3.8, 4) is 0 Å². The van der Waals surface area contributed by atoms with E-state index in [4.69, 9.17) is 5.73 Å². The summed E-state index contributed by atoms with van der Waals surface area (Å²) in [6.45, 7) is 6.76. The Labute approximate surface area is 77.1 Å². The maximum absolute atomic E-state index is 5.41. The topological polar surface area (TPSA) is 38.9 Å². The van der Waals surface area contributed by atoms with Gasteiger partial charge < -0.3 is 5.73 Å². The minimum atomic E-state index is 0.733. The lowest BCUT2D eigenvalue weighted by atomic mass is 10.1. The van der Waals surface area contributed by atoms with Crippen LogP contribution in [0.4, 0.5) is 0 Å². The first kappa shape index (κ1) is 9.42. The molecule has 0 aliphatic heterocycles. The van der Waals surface area contributed by atoms with Crippen molar-refractivity contribution in [2.24, 2.45) is 5.73 Å². The predicted molar refractivity (Wildman–Crippen MR) is 54.2 cm³/mol. The van der Waals surface area contributed by atoms with Crippen molar-refractivity contribution >= 4 is 16.9 Å². The smallest absolute Gasteiger partial charge is 0.0801 e. The fourth-order valence-corrected chi connectivity index (χ4v) is 1.88. The number of hydrogen-bond acceptors (Lipinski definition) is 3. The summed E-state index contributed by atoms with van der Waals surface area (Å²) in [6, 6.07) is 0. The Balaban J connectivity index is 2.59. The minimum absolute atomic E-state index is 0.733. The molecule has 0 saturated carbocycles. The van der Waals surface area contributed by atoms with Gasteiger partial charge in [0.25, 0.3) is 0 Å². The first-order valence-corrected chi connectivity index (χ1v) is 4.92. The molecule has 12 heavy (non-hydrogen) atoms. The zero-order valence-electron chi connectivity index (χ0n) is 7.34. The summed E-state index contributed by atoms with van der Waals surface area (Å²) in [5.41, 5.74) is 9.53. The molecule has 66 valence electrons. The van der Waals surface area contributed by atoms with Crippen molar-refractivity contribution in [1.29, 1.82) is 0 Å². The number of thiazole rings is 1. The molecule has 1 rings (SSSR count). The Morgan fingerprint density at radius 1 is 1.75 bits per heavy atom. The van der Waals surface area contributed by atoms with E-state index in [1.807, 2.05) is 12.4 Å². The first-order chi connectivity index (χ1) is 5.75. The maximum atomic E-state index is 5.41. The molecule has 0 spiro atoms. The van der Waals surface area contributed by atoms with Gasteiger partial charge in [-0.25, -0.2) is 4.98 Å². The Hall–Kier alpha value is -0.670. The van der Waals surface area contributed by atoms with E-state index in [1.165, 1.54) is 10.5 Å². The summed E-state index contributed by atoms with van der Waals surface area (Å²) in [7, 11) is 0. The Bertz CT molecular complexity index is 265. The highest BCUT2D eigenvalue weighted by Crippen LogP contribution is 2.24. The minimum Gasteiger partial charge on any atom is -0.330 e. The lowest BCUT2D eigenvalue weighted by Gasteiger charge is -2.01. The maximum Gasteiger partial charge on any atom is 0.0801 e. The summed E-state index contributed by atoms with van der Waals surface area (Å²) in [5, 5.41) is 0. The third-order valence-corrected chi connectivity index (χ3v) is 2.78. The highest BCUT2D eigenvalue weighted by Gasteiger charge is 2.04. The van der Waals surface area contributed by atoms with E-state index in [9.17, 15) is 0 Å². The average molecular weight is 182 g/mol. The van der Waals surface area contributed by atoms with Gasteiger partial charge in [0.15, 0.2) is 0 Å². The number of allylic oxidation sites excluding steroid dienone is 1. The zero-order valence-corrected chi connectivity index (χ0v) is 8.16. The first-order valence-electron chi connectivity index (χ1n) is 4.04. The highest BCUT2D eigenvalue weighted by molar-refractivity contribution is 7.10. The van der Waals surface area contributed by atoms with E-state index >= 15 is 0 Å². The van der Waals surface area contributed by atoms with Crippen LogP contribution in [0.2, 0.25) is 0 Å². The molecule has 0 unspecified atom stereocenters. The molecule has 0 aromatic carbocycles. The second-order valence-corrected chi connectivity index (χ2v) is 3.62. The molecule has 0 atom stereocenters. The molecule has 0 bridgehead atoms. The van der Waals surface area contributed by atoms with Crippen LogP contribution in [0.5, 0.6) is 0 Å². The SMILES string of the molecule is C=C(CCCN)c1scnc1C. The normalized spacial score (nSPS) is 10.2. The van der Waals surface area contributed by atoms with Gasteiger partial charge in [-0.15, -0.1) is 11.3 Å². The molecular weight excluding hydrogens is 168 g/mol. The molecule has 0 amide bonds. The summed E-state index contributed by atoms with van der Waals surface area (Å²) >= 11 is 1.66. The standard InChI is InChI=1S/C9H14N2S/c1-7(4-3-5-10)9-8(2)11-6-12-9/h6H,1,3-5,10H2,2H3. The Kier molecular flexibility index (Phi) is 3.44. The molecule has 1 aromatic heterocycles. The lowest BCUT2D eigenvalue weighted by Crippen LogP contribution is -1.98. The van der Waals surface area contributed by atoms with Crippen LogP contribution < -0.4 is 5.73 Å². The second kappa shape index (κ2) is 4.38. The molecule has 2 N–H and O–H groups in total. The van der Waals surface area contributed by atoms with Gasteiger partial charge in [0, 0.05) is 0 Å². The van der Waals surface area contributed by atoms with Gasteiger partial charge in [-0.1, -0.05) is 6.58 Å². The highest BCUT2D eigenvalue weighted by atomic mass is 32.1. The van der Waals surface area contributed by atoms with Crippen LogP contribution in [0.15, 0.2) is 12.1 Å². The molecule has 0 fully saturated rings.